The van der Waals surface area contributed by atoms with E-state index in [0.717, 1.165) is 13.0 Å². The van der Waals surface area contributed by atoms with Crippen LogP contribution in [0.15, 0.2) is 11.7 Å². The Morgan fingerprint density at radius 2 is 2.27 bits per heavy atom. The first kappa shape index (κ1) is 12.7. The summed E-state index contributed by atoms with van der Waals surface area (Å²) in [5.74, 6) is 0.712. The molecule has 1 aromatic rings. The Kier molecular flexibility index (Phi) is 5.88. The molecular weight excluding hydrogens is 204 g/mol. The summed E-state index contributed by atoms with van der Waals surface area (Å²) in [6, 6.07) is 0.645. The number of thiazole rings is 1. The largest absolute Gasteiger partial charge is 0.314 e. The molecular formula is C12H22N2S. The zero-order valence-electron chi connectivity index (χ0n) is 9.99. The molecule has 1 heterocycles. The minimum Gasteiger partial charge on any atom is -0.314 e. The monoisotopic (exact) mass is 226 g/mol. The average molecular weight is 226 g/mol. The molecule has 0 bridgehead atoms. The van der Waals surface area contributed by atoms with Crippen molar-refractivity contribution in [3.8, 4) is 0 Å². The highest BCUT2D eigenvalue weighted by atomic mass is 32.1. The van der Waals surface area contributed by atoms with Crippen molar-refractivity contribution in [2.75, 3.05) is 6.54 Å². The van der Waals surface area contributed by atoms with E-state index in [1.165, 1.54) is 17.7 Å². The predicted octanol–water partition coefficient (Wildman–Crippen LogP) is 3.10. The van der Waals surface area contributed by atoms with Crippen molar-refractivity contribution >= 4 is 11.3 Å². The van der Waals surface area contributed by atoms with Gasteiger partial charge in [-0.1, -0.05) is 20.8 Å². The van der Waals surface area contributed by atoms with Gasteiger partial charge in [0.05, 0.1) is 5.51 Å². The van der Waals surface area contributed by atoms with Crippen molar-refractivity contribution in [2.45, 2.75) is 46.1 Å². The summed E-state index contributed by atoms with van der Waals surface area (Å²) >= 11 is 1.76. The quantitative estimate of drug-likeness (QED) is 0.773. The molecule has 0 aromatic carbocycles. The van der Waals surface area contributed by atoms with Crippen LogP contribution in [0.3, 0.4) is 0 Å². The Hall–Kier alpha value is -0.410. The number of hydrogen-bond acceptors (Lipinski definition) is 3. The van der Waals surface area contributed by atoms with Crippen LogP contribution in [0, 0.1) is 5.92 Å². The van der Waals surface area contributed by atoms with E-state index >= 15 is 0 Å². The van der Waals surface area contributed by atoms with Gasteiger partial charge in [0.1, 0.15) is 0 Å². The number of aryl methyl sites for hydroxylation is 1. The van der Waals surface area contributed by atoms with Crippen LogP contribution in [0.2, 0.25) is 0 Å². The summed E-state index contributed by atoms with van der Waals surface area (Å²) in [7, 11) is 0. The predicted molar refractivity (Wildman–Crippen MR) is 67.4 cm³/mol. The van der Waals surface area contributed by atoms with Gasteiger partial charge in [0, 0.05) is 17.1 Å². The van der Waals surface area contributed by atoms with Crippen molar-refractivity contribution in [3.05, 3.63) is 16.6 Å². The van der Waals surface area contributed by atoms with Crippen molar-refractivity contribution < 1.29 is 0 Å². The molecule has 0 aliphatic rings. The molecule has 0 fully saturated rings. The van der Waals surface area contributed by atoms with Crippen LogP contribution in [0.25, 0.3) is 0 Å². The maximum atomic E-state index is 4.11. The van der Waals surface area contributed by atoms with E-state index in [0.29, 0.717) is 12.0 Å². The van der Waals surface area contributed by atoms with E-state index in [-0.39, 0.29) is 0 Å². The van der Waals surface area contributed by atoms with Gasteiger partial charge in [-0.25, -0.2) is 0 Å². The lowest BCUT2D eigenvalue weighted by Gasteiger charge is -2.21. The van der Waals surface area contributed by atoms with Crippen LogP contribution in [-0.2, 0) is 6.42 Å². The SMILES string of the molecule is CCCNC(CCc1cncs1)C(C)C. The summed E-state index contributed by atoms with van der Waals surface area (Å²) in [6.07, 6.45) is 5.58. The first-order chi connectivity index (χ1) is 7.24. The molecule has 86 valence electrons. The zero-order chi connectivity index (χ0) is 11.1. The lowest BCUT2D eigenvalue weighted by atomic mass is 9.99. The normalized spacial score (nSPS) is 13.3. The molecule has 1 N–H and O–H groups in total. The van der Waals surface area contributed by atoms with Gasteiger partial charge in [0.25, 0.3) is 0 Å². The van der Waals surface area contributed by atoms with Crippen molar-refractivity contribution in [1.29, 1.82) is 0 Å². The van der Waals surface area contributed by atoms with Gasteiger partial charge in [-0.2, -0.15) is 0 Å². The fourth-order valence-corrected chi connectivity index (χ4v) is 2.28. The maximum Gasteiger partial charge on any atom is 0.0794 e. The summed E-state index contributed by atoms with van der Waals surface area (Å²) in [4.78, 5) is 5.51. The summed E-state index contributed by atoms with van der Waals surface area (Å²) in [5, 5.41) is 3.62. The van der Waals surface area contributed by atoms with E-state index in [9.17, 15) is 0 Å². The first-order valence-electron chi connectivity index (χ1n) is 5.84. The third kappa shape index (κ3) is 4.76. The Bertz CT molecular complexity index is 244. The highest BCUT2D eigenvalue weighted by Crippen LogP contribution is 2.13. The smallest absolute Gasteiger partial charge is 0.0794 e. The number of rotatable bonds is 7. The van der Waals surface area contributed by atoms with E-state index in [4.69, 9.17) is 0 Å². The molecule has 1 rings (SSSR count). The molecule has 0 radical (unpaired) electrons. The van der Waals surface area contributed by atoms with Gasteiger partial charge in [-0.3, -0.25) is 4.98 Å². The first-order valence-corrected chi connectivity index (χ1v) is 6.72. The van der Waals surface area contributed by atoms with Gasteiger partial charge in [-0.15, -0.1) is 11.3 Å². The van der Waals surface area contributed by atoms with Crippen LogP contribution < -0.4 is 5.32 Å². The molecule has 1 unspecified atom stereocenters. The van der Waals surface area contributed by atoms with Crippen molar-refractivity contribution in [3.63, 3.8) is 0 Å². The lowest BCUT2D eigenvalue weighted by Crippen LogP contribution is -2.34. The van der Waals surface area contributed by atoms with Crippen LogP contribution in [0.4, 0.5) is 0 Å². The number of hydrogen-bond donors (Lipinski definition) is 1. The third-order valence-electron chi connectivity index (χ3n) is 2.65. The third-order valence-corrected chi connectivity index (χ3v) is 3.49. The molecule has 0 saturated carbocycles. The minimum atomic E-state index is 0.645. The molecule has 0 aliphatic heterocycles. The molecule has 1 aromatic heterocycles. The molecule has 2 nitrogen and oxygen atoms in total. The molecule has 3 heteroatoms. The van der Waals surface area contributed by atoms with E-state index in [2.05, 4.69) is 31.1 Å². The topological polar surface area (TPSA) is 24.9 Å². The van der Waals surface area contributed by atoms with Crippen LogP contribution in [0.1, 0.15) is 38.5 Å². The maximum absolute atomic E-state index is 4.11. The summed E-state index contributed by atoms with van der Waals surface area (Å²) < 4.78 is 0. The minimum absolute atomic E-state index is 0.645. The molecule has 0 aliphatic carbocycles. The second-order valence-corrected chi connectivity index (χ2v) is 5.28. The van der Waals surface area contributed by atoms with Gasteiger partial charge >= 0.3 is 0 Å². The zero-order valence-corrected chi connectivity index (χ0v) is 10.8. The number of nitrogens with zero attached hydrogens (tertiary/aromatic N) is 1. The second kappa shape index (κ2) is 6.96. The van der Waals surface area contributed by atoms with Gasteiger partial charge in [0.15, 0.2) is 0 Å². The molecule has 0 amide bonds. The summed E-state index contributed by atoms with van der Waals surface area (Å²) in [6.45, 7) is 7.93. The standard InChI is InChI=1S/C12H22N2S/c1-4-7-14-12(10(2)3)6-5-11-8-13-9-15-11/h8-10,12,14H,4-7H2,1-3H3. The van der Waals surface area contributed by atoms with Crippen LogP contribution in [0.5, 0.6) is 0 Å². The fourth-order valence-electron chi connectivity index (χ4n) is 1.66. The van der Waals surface area contributed by atoms with E-state index in [1.54, 1.807) is 11.3 Å². The van der Waals surface area contributed by atoms with Gasteiger partial charge in [0.2, 0.25) is 0 Å². The Labute approximate surface area is 97.1 Å². The van der Waals surface area contributed by atoms with Crippen LogP contribution >= 0.6 is 11.3 Å². The second-order valence-electron chi connectivity index (χ2n) is 4.31. The van der Waals surface area contributed by atoms with Gasteiger partial charge < -0.3 is 5.32 Å². The Morgan fingerprint density at radius 1 is 1.47 bits per heavy atom. The summed E-state index contributed by atoms with van der Waals surface area (Å²) in [5.41, 5.74) is 1.92. The average Bonchev–Trinajstić information content (AvgIpc) is 2.70. The fraction of sp³-hybridized carbons (Fsp3) is 0.750. The molecule has 0 spiro atoms. The van der Waals surface area contributed by atoms with Crippen molar-refractivity contribution in [2.24, 2.45) is 5.92 Å². The number of aromatic nitrogens is 1. The van der Waals surface area contributed by atoms with Crippen LogP contribution in [-0.4, -0.2) is 17.6 Å². The lowest BCUT2D eigenvalue weighted by molar-refractivity contribution is 0.379. The highest BCUT2D eigenvalue weighted by Gasteiger charge is 2.12. The van der Waals surface area contributed by atoms with Gasteiger partial charge in [-0.05, 0) is 31.7 Å². The van der Waals surface area contributed by atoms with E-state index < -0.39 is 0 Å². The Balaban J connectivity index is 2.31. The van der Waals surface area contributed by atoms with Crippen molar-refractivity contribution in [1.82, 2.24) is 10.3 Å². The molecule has 15 heavy (non-hydrogen) atoms. The molecule has 1 atom stereocenters. The molecule has 0 saturated heterocycles. The highest BCUT2D eigenvalue weighted by molar-refractivity contribution is 7.09. The Morgan fingerprint density at radius 3 is 2.80 bits per heavy atom. The number of nitrogens with one attached hydrogen (secondary N) is 1. The van der Waals surface area contributed by atoms with E-state index in [1.807, 2.05) is 11.7 Å².